The Balaban J connectivity index is 1.99. The number of aliphatic hydroxyl groups excluding tert-OH is 1. The number of methoxy groups -OCH3 is 1. The number of aliphatic hydroxyl groups is 1. The zero-order valence-electron chi connectivity index (χ0n) is 21.7. The van der Waals surface area contributed by atoms with E-state index in [9.17, 15) is 14.7 Å². The van der Waals surface area contributed by atoms with Gasteiger partial charge in [0, 0.05) is 19.6 Å². The molecule has 3 atom stereocenters. The first-order valence-corrected chi connectivity index (χ1v) is 11.6. The Kier molecular flexibility index (Phi) is 10.3. The molecule has 0 aliphatic rings. The molecule has 2 unspecified atom stereocenters. The SMILES string of the molecule is [3H]CC(C)(C)C(=O)CC(=O)CC(O)CC(OCc1ccc(OC)cc1)[C@H](C)OCc1ccccc1. The highest BCUT2D eigenvalue weighted by Crippen LogP contribution is 2.21. The van der Waals surface area contributed by atoms with Gasteiger partial charge in [-0.2, -0.15) is 0 Å². The second kappa shape index (κ2) is 13.4. The van der Waals surface area contributed by atoms with Crippen LogP contribution in [0.3, 0.4) is 0 Å². The number of benzene rings is 2. The van der Waals surface area contributed by atoms with Crippen LogP contribution in [0, 0.1) is 5.41 Å². The fourth-order valence-electron chi connectivity index (χ4n) is 3.33. The van der Waals surface area contributed by atoms with E-state index in [4.69, 9.17) is 15.6 Å². The molecule has 186 valence electrons. The Morgan fingerprint density at radius 1 is 1.00 bits per heavy atom. The molecule has 0 spiro atoms. The van der Waals surface area contributed by atoms with Crippen LogP contribution in [0.5, 0.6) is 5.75 Å². The Morgan fingerprint density at radius 2 is 1.62 bits per heavy atom. The zero-order chi connectivity index (χ0) is 25.8. The number of Topliss-reactive ketones (excluding diaryl/α,β-unsaturated/α-hetero) is 2. The van der Waals surface area contributed by atoms with Gasteiger partial charge in [-0.05, 0) is 30.2 Å². The second-order valence-electron chi connectivity index (χ2n) is 9.32. The third-order valence-electron chi connectivity index (χ3n) is 5.58. The van der Waals surface area contributed by atoms with Crippen LogP contribution < -0.4 is 4.74 Å². The van der Waals surface area contributed by atoms with Crippen LogP contribution in [0.25, 0.3) is 0 Å². The van der Waals surface area contributed by atoms with Crippen molar-refractivity contribution in [1.82, 2.24) is 0 Å². The number of carbonyl (C=O) groups excluding carboxylic acids is 2. The molecule has 0 amide bonds. The molecule has 0 heterocycles. The van der Waals surface area contributed by atoms with Crippen LogP contribution in [0.1, 0.15) is 59.4 Å². The molecule has 0 fully saturated rings. The van der Waals surface area contributed by atoms with E-state index >= 15 is 0 Å². The number of ketones is 2. The van der Waals surface area contributed by atoms with Crippen LogP contribution in [0.4, 0.5) is 0 Å². The van der Waals surface area contributed by atoms with E-state index in [1.54, 1.807) is 21.0 Å². The summed E-state index contributed by atoms with van der Waals surface area (Å²) in [5.41, 5.74) is 1.10. The molecule has 0 aliphatic heterocycles. The molecule has 6 heteroatoms. The Hall–Kier alpha value is -2.54. The average molecular weight is 473 g/mol. The van der Waals surface area contributed by atoms with Crippen molar-refractivity contribution in [2.75, 3.05) is 7.11 Å². The molecule has 0 bridgehead atoms. The molecular formula is C28H38O6. The number of ether oxygens (including phenoxy) is 3. The molecule has 2 aromatic rings. The van der Waals surface area contributed by atoms with E-state index in [1.165, 1.54) is 0 Å². The quantitative estimate of drug-likeness (QED) is 0.394. The normalized spacial score (nSPS) is 14.7. The molecule has 0 saturated heterocycles. The van der Waals surface area contributed by atoms with Gasteiger partial charge in [-0.15, -0.1) is 0 Å². The monoisotopic (exact) mass is 472 g/mol. The lowest BCUT2D eigenvalue weighted by molar-refractivity contribution is -0.133. The van der Waals surface area contributed by atoms with Crippen LogP contribution in [0.15, 0.2) is 54.6 Å². The van der Waals surface area contributed by atoms with E-state index < -0.39 is 17.6 Å². The second-order valence-corrected chi connectivity index (χ2v) is 9.32. The van der Waals surface area contributed by atoms with Gasteiger partial charge in [0.25, 0.3) is 0 Å². The van der Waals surface area contributed by atoms with Crippen LogP contribution >= 0.6 is 0 Å². The van der Waals surface area contributed by atoms with Gasteiger partial charge < -0.3 is 19.3 Å². The summed E-state index contributed by atoms with van der Waals surface area (Å²) in [5, 5.41) is 10.6. The van der Waals surface area contributed by atoms with Gasteiger partial charge in [-0.1, -0.05) is 63.2 Å². The summed E-state index contributed by atoms with van der Waals surface area (Å²) in [6.45, 7) is 5.82. The minimum Gasteiger partial charge on any atom is -0.497 e. The van der Waals surface area contributed by atoms with E-state index in [0.717, 1.165) is 16.9 Å². The minimum atomic E-state index is -0.974. The molecule has 0 radical (unpaired) electrons. The summed E-state index contributed by atoms with van der Waals surface area (Å²) >= 11 is 0. The topological polar surface area (TPSA) is 82.1 Å². The molecule has 2 rings (SSSR count). The summed E-state index contributed by atoms with van der Waals surface area (Å²) in [7, 11) is 1.61. The predicted octanol–water partition coefficient (Wildman–Crippen LogP) is 4.90. The fourth-order valence-corrected chi connectivity index (χ4v) is 3.33. The van der Waals surface area contributed by atoms with E-state index in [2.05, 4.69) is 0 Å². The van der Waals surface area contributed by atoms with Gasteiger partial charge in [0.05, 0.1) is 45.1 Å². The maximum atomic E-state index is 12.4. The number of hydrogen-bond donors (Lipinski definition) is 1. The van der Waals surface area contributed by atoms with E-state index in [-0.39, 0.29) is 43.8 Å². The third-order valence-corrected chi connectivity index (χ3v) is 5.58. The minimum absolute atomic E-state index is 0.0841. The standard InChI is InChI=1S/C28H38O6/c1-20(33-18-21-9-7-6-8-10-21)26(34-19-22-11-13-25(32-5)14-12-22)16-23(29)15-24(30)17-27(31)28(2,3)4/h6-14,20,23,26,29H,15-19H2,1-5H3/t20-,23?,26?/m0/s1/i2T. The molecule has 6 nitrogen and oxygen atoms in total. The Labute approximate surface area is 204 Å². The number of carbonyl (C=O) groups is 2. The molecule has 0 aliphatic carbocycles. The van der Waals surface area contributed by atoms with Crippen molar-refractivity contribution in [2.24, 2.45) is 5.41 Å². The van der Waals surface area contributed by atoms with Gasteiger partial charge in [0.2, 0.25) is 0 Å². The zero-order valence-corrected chi connectivity index (χ0v) is 20.7. The lowest BCUT2D eigenvalue weighted by Gasteiger charge is -2.27. The third kappa shape index (κ3) is 9.75. The van der Waals surface area contributed by atoms with Crippen LogP contribution in [-0.4, -0.2) is 42.1 Å². The van der Waals surface area contributed by atoms with E-state index in [1.807, 2.05) is 61.5 Å². The first-order valence-electron chi connectivity index (χ1n) is 12.3. The highest BCUT2D eigenvalue weighted by atomic mass is 16.5. The molecule has 1 N–H and O–H groups in total. The molecule has 0 aromatic heterocycles. The fraction of sp³-hybridized carbons (Fsp3) is 0.500. The molecule has 2 aromatic carbocycles. The lowest BCUT2D eigenvalue weighted by atomic mass is 9.87. The van der Waals surface area contributed by atoms with Gasteiger partial charge in [-0.25, -0.2) is 0 Å². The number of hydrogen-bond acceptors (Lipinski definition) is 6. The summed E-state index contributed by atoms with van der Waals surface area (Å²) in [4.78, 5) is 24.7. The van der Waals surface area contributed by atoms with Crippen molar-refractivity contribution in [3.05, 3.63) is 65.7 Å². The summed E-state index contributed by atoms with van der Waals surface area (Å²) in [6, 6.07) is 17.3. The highest BCUT2D eigenvalue weighted by molar-refractivity contribution is 6.01. The highest BCUT2D eigenvalue weighted by Gasteiger charge is 2.27. The lowest BCUT2D eigenvalue weighted by Crippen LogP contribution is -2.34. The van der Waals surface area contributed by atoms with Crippen LogP contribution in [-0.2, 0) is 32.3 Å². The van der Waals surface area contributed by atoms with Crippen molar-refractivity contribution in [3.63, 3.8) is 0 Å². The predicted molar refractivity (Wildman–Crippen MR) is 132 cm³/mol. The number of rotatable bonds is 14. The van der Waals surface area contributed by atoms with E-state index in [0.29, 0.717) is 13.2 Å². The van der Waals surface area contributed by atoms with Gasteiger partial charge in [0.1, 0.15) is 17.3 Å². The first kappa shape index (κ1) is 26.1. The van der Waals surface area contributed by atoms with Crippen molar-refractivity contribution in [3.8, 4) is 5.75 Å². The maximum absolute atomic E-state index is 12.4. The van der Waals surface area contributed by atoms with Crippen molar-refractivity contribution < 1.29 is 30.3 Å². The van der Waals surface area contributed by atoms with Gasteiger partial charge in [0.15, 0.2) is 0 Å². The molecule has 0 saturated carbocycles. The summed E-state index contributed by atoms with van der Waals surface area (Å²) < 4.78 is 24.8. The Morgan fingerprint density at radius 3 is 2.24 bits per heavy atom. The van der Waals surface area contributed by atoms with Crippen LogP contribution in [0.2, 0.25) is 0 Å². The smallest absolute Gasteiger partial charge is 0.145 e. The summed E-state index contributed by atoms with van der Waals surface area (Å²) in [5.74, 6) is 0.134. The molecular weight excluding hydrogens is 432 g/mol. The Bertz CT molecular complexity index is 913. The van der Waals surface area contributed by atoms with Crippen molar-refractivity contribution >= 4 is 11.6 Å². The van der Waals surface area contributed by atoms with Gasteiger partial charge >= 0.3 is 0 Å². The first-order chi connectivity index (χ1) is 16.6. The van der Waals surface area contributed by atoms with Crippen molar-refractivity contribution in [1.29, 1.82) is 0 Å². The molecule has 34 heavy (non-hydrogen) atoms. The average Bonchev–Trinajstić information content (AvgIpc) is 2.85. The summed E-state index contributed by atoms with van der Waals surface area (Å²) in [6.07, 6.45) is -2.02. The van der Waals surface area contributed by atoms with Gasteiger partial charge in [-0.3, -0.25) is 9.59 Å². The van der Waals surface area contributed by atoms with Crippen molar-refractivity contribution in [2.45, 2.75) is 78.5 Å². The maximum Gasteiger partial charge on any atom is 0.145 e. The largest absolute Gasteiger partial charge is 0.497 e.